The van der Waals surface area contributed by atoms with Gasteiger partial charge in [-0.25, -0.2) is 4.68 Å². The molecule has 4 nitrogen and oxygen atoms in total. The molecule has 2 unspecified atom stereocenters. The Kier molecular flexibility index (Phi) is 4.34. The molecular weight excluding hydrogens is 214 g/mol. The van der Waals surface area contributed by atoms with E-state index < -0.39 is 0 Å². The molecule has 1 aromatic heterocycles. The van der Waals surface area contributed by atoms with Gasteiger partial charge in [0.05, 0.1) is 12.3 Å². The molecule has 2 rings (SSSR count). The molecule has 4 heteroatoms. The second kappa shape index (κ2) is 5.98. The second-order valence-electron chi connectivity index (χ2n) is 4.75. The Balaban J connectivity index is 1.73. The van der Waals surface area contributed by atoms with Crippen molar-refractivity contribution in [2.24, 2.45) is 5.92 Å². The summed E-state index contributed by atoms with van der Waals surface area (Å²) in [4.78, 5) is 0. The highest BCUT2D eigenvalue weighted by atomic mass is 16.3. The molecule has 0 aliphatic heterocycles. The van der Waals surface area contributed by atoms with Crippen LogP contribution >= 0.6 is 0 Å². The summed E-state index contributed by atoms with van der Waals surface area (Å²) in [6.45, 7) is 5.35. The molecule has 0 bridgehead atoms. The fourth-order valence-corrected chi connectivity index (χ4v) is 2.40. The number of nitrogens with zero attached hydrogens (tertiary/aromatic N) is 2. The quantitative estimate of drug-likeness (QED) is 0.815. The van der Waals surface area contributed by atoms with Crippen LogP contribution in [-0.2, 0) is 6.54 Å². The highest BCUT2D eigenvalue weighted by Gasteiger charge is 2.22. The number of aliphatic hydroxyl groups excluding tert-OH is 1. The lowest BCUT2D eigenvalue weighted by Gasteiger charge is -2.27. The summed E-state index contributed by atoms with van der Waals surface area (Å²) < 4.78 is 1.70. The summed E-state index contributed by atoms with van der Waals surface area (Å²) in [7, 11) is 0. The molecule has 1 aliphatic rings. The van der Waals surface area contributed by atoms with Crippen molar-refractivity contribution in [3.05, 3.63) is 24.5 Å². The van der Waals surface area contributed by atoms with E-state index in [0.717, 1.165) is 31.5 Å². The molecule has 2 atom stereocenters. The summed E-state index contributed by atoms with van der Waals surface area (Å²) in [5.74, 6) is 0.415. The molecule has 94 valence electrons. The average molecular weight is 235 g/mol. The van der Waals surface area contributed by atoms with Crippen molar-refractivity contribution in [3.63, 3.8) is 0 Å². The zero-order valence-corrected chi connectivity index (χ0v) is 10.2. The van der Waals surface area contributed by atoms with Gasteiger partial charge in [0.15, 0.2) is 0 Å². The first-order valence-corrected chi connectivity index (χ1v) is 6.34. The summed E-state index contributed by atoms with van der Waals surface area (Å²) in [6.07, 6.45) is 9.87. The van der Waals surface area contributed by atoms with Crippen molar-refractivity contribution in [1.82, 2.24) is 15.1 Å². The van der Waals surface area contributed by atoms with Crippen LogP contribution in [0, 0.1) is 5.92 Å². The minimum absolute atomic E-state index is 0.118. The van der Waals surface area contributed by atoms with Crippen molar-refractivity contribution in [1.29, 1.82) is 0 Å². The molecule has 0 spiro atoms. The van der Waals surface area contributed by atoms with E-state index in [-0.39, 0.29) is 6.10 Å². The van der Waals surface area contributed by atoms with Gasteiger partial charge in [0.2, 0.25) is 0 Å². The van der Waals surface area contributed by atoms with E-state index in [1.54, 1.807) is 10.9 Å². The zero-order valence-electron chi connectivity index (χ0n) is 10.2. The molecule has 0 aromatic carbocycles. The molecule has 1 fully saturated rings. The molecular formula is C13H21N3O. The van der Waals surface area contributed by atoms with E-state index >= 15 is 0 Å². The lowest BCUT2D eigenvalue weighted by Crippen LogP contribution is -2.33. The van der Waals surface area contributed by atoms with Crippen molar-refractivity contribution < 1.29 is 5.11 Å². The molecule has 1 saturated carbocycles. The summed E-state index contributed by atoms with van der Waals surface area (Å²) in [6, 6.07) is 0. The summed E-state index contributed by atoms with van der Waals surface area (Å²) in [5.41, 5.74) is 1.15. The van der Waals surface area contributed by atoms with Gasteiger partial charge in [-0.15, -0.1) is 0 Å². The third-order valence-electron chi connectivity index (χ3n) is 3.45. The van der Waals surface area contributed by atoms with Crippen LogP contribution in [0.5, 0.6) is 0 Å². The van der Waals surface area contributed by atoms with Crippen LogP contribution < -0.4 is 5.32 Å². The van der Waals surface area contributed by atoms with Crippen molar-refractivity contribution in [3.8, 4) is 0 Å². The summed E-state index contributed by atoms with van der Waals surface area (Å²) in [5, 5.41) is 17.4. The maximum absolute atomic E-state index is 9.84. The lowest BCUT2D eigenvalue weighted by atomic mass is 9.86. The minimum atomic E-state index is -0.118. The molecule has 0 saturated heterocycles. The normalized spacial score (nSPS) is 24.8. The average Bonchev–Trinajstić information content (AvgIpc) is 2.80. The Hall–Kier alpha value is -1.13. The Labute approximate surface area is 102 Å². The maximum Gasteiger partial charge on any atom is 0.0580 e. The van der Waals surface area contributed by atoms with Crippen molar-refractivity contribution in [2.45, 2.75) is 38.3 Å². The van der Waals surface area contributed by atoms with Crippen molar-refractivity contribution in [2.75, 3.05) is 6.54 Å². The molecule has 1 heterocycles. The van der Waals surface area contributed by atoms with E-state index in [1.165, 1.54) is 12.8 Å². The highest BCUT2D eigenvalue weighted by molar-refractivity contribution is 5.17. The van der Waals surface area contributed by atoms with Gasteiger partial charge >= 0.3 is 0 Å². The second-order valence-corrected chi connectivity index (χ2v) is 4.75. The predicted octanol–water partition coefficient (Wildman–Crippen LogP) is 1.62. The fourth-order valence-electron chi connectivity index (χ4n) is 2.40. The first-order valence-electron chi connectivity index (χ1n) is 6.34. The third-order valence-corrected chi connectivity index (χ3v) is 3.45. The van der Waals surface area contributed by atoms with E-state index in [0.29, 0.717) is 5.92 Å². The van der Waals surface area contributed by atoms with Crippen molar-refractivity contribution >= 4 is 6.20 Å². The third kappa shape index (κ3) is 3.41. The zero-order chi connectivity index (χ0) is 12.1. The van der Waals surface area contributed by atoms with Crippen LogP contribution in [0.1, 0.15) is 31.2 Å². The van der Waals surface area contributed by atoms with Gasteiger partial charge < -0.3 is 10.4 Å². The number of hydrogen-bond donors (Lipinski definition) is 2. The lowest BCUT2D eigenvalue weighted by molar-refractivity contribution is 0.0695. The van der Waals surface area contributed by atoms with Crippen LogP contribution in [0.15, 0.2) is 19.0 Å². The number of rotatable bonds is 5. The van der Waals surface area contributed by atoms with Crippen LogP contribution in [0.3, 0.4) is 0 Å². The Morgan fingerprint density at radius 1 is 1.53 bits per heavy atom. The van der Waals surface area contributed by atoms with E-state index in [4.69, 9.17) is 0 Å². The van der Waals surface area contributed by atoms with Gasteiger partial charge in [-0.1, -0.05) is 19.4 Å². The first-order chi connectivity index (χ1) is 8.29. The smallest absolute Gasteiger partial charge is 0.0580 e. The maximum atomic E-state index is 9.84. The van der Waals surface area contributed by atoms with Crippen LogP contribution in [0.2, 0.25) is 0 Å². The number of aromatic nitrogens is 2. The Morgan fingerprint density at radius 2 is 2.35 bits per heavy atom. The number of hydrogen-bond acceptors (Lipinski definition) is 3. The van der Waals surface area contributed by atoms with E-state index in [2.05, 4.69) is 17.0 Å². The van der Waals surface area contributed by atoms with Crippen LogP contribution in [0.25, 0.3) is 6.20 Å². The molecule has 1 aliphatic carbocycles. The van der Waals surface area contributed by atoms with E-state index in [1.807, 2.05) is 12.4 Å². The predicted molar refractivity (Wildman–Crippen MR) is 68.3 cm³/mol. The van der Waals surface area contributed by atoms with Gasteiger partial charge in [-0.3, -0.25) is 0 Å². The van der Waals surface area contributed by atoms with Gasteiger partial charge in [0, 0.05) is 31.0 Å². The minimum Gasteiger partial charge on any atom is -0.393 e. The van der Waals surface area contributed by atoms with Gasteiger partial charge in [-0.05, 0) is 18.8 Å². The molecule has 17 heavy (non-hydrogen) atoms. The number of nitrogens with one attached hydrogen (secondary N) is 1. The molecule has 1 aromatic rings. The highest BCUT2D eigenvalue weighted by Crippen LogP contribution is 2.23. The van der Waals surface area contributed by atoms with Crippen LogP contribution in [-0.4, -0.2) is 27.5 Å². The van der Waals surface area contributed by atoms with E-state index in [9.17, 15) is 5.11 Å². The SMILES string of the molecule is C=Cn1cc(CNCC2CCCCC2O)cn1. The first kappa shape index (κ1) is 12.3. The monoisotopic (exact) mass is 235 g/mol. The molecule has 0 radical (unpaired) electrons. The fraction of sp³-hybridized carbons (Fsp3) is 0.615. The molecule has 0 amide bonds. The molecule has 2 N–H and O–H groups in total. The van der Waals surface area contributed by atoms with Crippen LogP contribution in [0.4, 0.5) is 0 Å². The standard InChI is InChI=1S/C13H21N3O/c1-2-16-10-11(8-15-16)7-14-9-12-5-3-4-6-13(12)17/h2,8,10,12-14,17H,1,3-7,9H2. The van der Waals surface area contributed by atoms with Gasteiger partial charge in [-0.2, -0.15) is 5.10 Å². The Morgan fingerprint density at radius 3 is 3.06 bits per heavy atom. The van der Waals surface area contributed by atoms with Gasteiger partial charge in [0.25, 0.3) is 0 Å². The number of aliphatic hydroxyl groups is 1. The largest absolute Gasteiger partial charge is 0.393 e. The summed E-state index contributed by atoms with van der Waals surface area (Å²) >= 11 is 0. The Bertz CT molecular complexity index is 361. The van der Waals surface area contributed by atoms with Gasteiger partial charge in [0.1, 0.15) is 0 Å². The topological polar surface area (TPSA) is 50.1 Å².